The molecule has 0 saturated carbocycles. The highest BCUT2D eigenvalue weighted by molar-refractivity contribution is 5.05. The Hall–Kier alpha value is -1.66. The summed E-state index contributed by atoms with van der Waals surface area (Å²) in [6.07, 6.45) is 8.77. The second-order valence-corrected chi connectivity index (χ2v) is 5.18. The van der Waals surface area contributed by atoms with Gasteiger partial charge in [0.15, 0.2) is 0 Å². The third-order valence-corrected chi connectivity index (χ3v) is 4.04. The Morgan fingerprint density at radius 2 is 2.40 bits per heavy atom. The van der Waals surface area contributed by atoms with E-state index in [0.29, 0.717) is 0 Å². The maximum atomic E-state index is 5.54. The number of methoxy groups -OCH3 is 1. The average molecular weight is 275 g/mol. The minimum absolute atomic E-state index is 0.267. The van der Waals surface area contributed by atoms with Crippen molar-refractivity contribution in [2.75, 3.05) is 13.7 Å². The zero-order valence-electron chi connectivity index (χ0n) is 12.0. The predicted octanol–water partition coefficient (Wildman–Crippen LogP) is 1.59. The number of hydrogen-bond acceptors (Lipinski definition) is 4. The summed E-state index contributed by atoms with van der Waals surface area (Å²) >= 11 is 0. The molecule has 0 aliphatic carbocycles. The molecule has 0 amide bonds. The van der Waals surface area contributed by atoms with Crippen molar-refractivity contribution in [1.29, 1.82) is 0 Å². The number of nitrogens with one attached hydrogen (secondary N) is 1. The Bertz CT molecular complexity index is 536. The summed E-state index contributed by atoms with van der Waals surface area (Å²) in [5.74, 6) is 1.02. The average Bonchev–Trinajstić information content (AvgIpc) is 3.19. The molecule has 1 saturated heterocycles. The molecule has 108 valence electrons. The smallest absolute Gasteiger partial charge is 0.123 e. The molecule has 1 unspecified atom stereocenters. The summed E-state index contributed by atoms with van der Waals surface area (Å²) in [4.78, 5) is 14.3. The second kappa shape index (κ2) is 5.76. The minimum Gasteiger partial charge on any atom is -0.380 e. The highest BCUT2D eigenvalue weighted by Gasteiger charge is 2.34. The number of likely N-dealkylation sites (tertiary alicyclic amines) is 1. The van der Waals surface area contributed by atoms with E-state index < -0.39 is 0 Å². The van der Waals surface area contributed by atoms with Crippen LogP contribution in [0.2, 0.25) is 0 Å². The Morgan fingerprint density at radius 1 is 1.50 bits per heavy atom. The number of rotatable bonds is 5. The van der Waals surface area contributed by atoms with Crippen molar-refractivity contribution in [2.45, 2.75) is 38.6 Å². The SMILES string of the molecule is CCn1cncc1CN1C[C@H](OC)CC1c1ncc[nH]1. The maximum Gasteiger partial charge on any atom is 0.123 e. The first-order chi connectivity index (χ1) is 9.81. The summed E-state index contributed by atoms with van der Waals surface area (Å²) < 4.78 is 7.72. The normalized spacial score (nSPS) is 23.5. The third kappa shape index (κ3) is 2.48. The largest absolute Gasteiger partial charge is 0.380 e. The van der Waals surface area contributed by atoms with Gasteiger partial charge >= 0.3 is 0 Å². The summed E-state index contributed by atoms with van der Waals surface area (Å²) in [5, 5.41) is 0. The van der Waals surface area contributed by atoms with Gasteiger partial charge in [-0.3, -0.25) is 4.90 Å². The molecular formula is C14H21N5O. The maximum absolute atomic E-state index is 5.54. The quantitative estimate of drug-likeness (QED) is 0.900. The van der Waals surface area contributed by atoms with Gasteiger partial charge in [0.05, 0.1) is 24.2 Å². The fourth-order valence-corrected chi connectivity index (χ4v) is 2.92. The lowest BCUT2D eigenvalue weighted by Gasteiger charge is -2.22. The van der Waals surface area contributed by atoms with Gasteiger partial charge in [-0.05, 0) is 13.3 Å². The number of aromatic nitrogens is 4. The van der Waals surface area contributed by atoms with Crippen LogP contribution in [0.15, 0.2) is 24.9 Å². The number of aryl methyl sites for hydroxylation is 1. The number of imidazole rings is 2. The van der Waals surface area contributed by atoms with Gasteiger partial charge in [-0.15, -0.1) is 0 Å². The Labute approximate surface area is 118 Å². The molecule has 0 bridgehead atoms. The molecule has 2 atom stereocenters. The summed E-state index contributed by atoms with van der Waals surface area (Å²) in [6.45, 7) is 4.88. The van der Waals surface area contributed by atoms with E-state index in [-0.39, 0.29) is 12.1 Å². The van der Waals surface area contributed by atoms with Crippen molar-refractivity contribution < 1.29 is 4.74 Å². The van der Waals surface area contributed by atoms with Crippen LogP contribution in [0.5, 0.6) is 0 Å². The first-order valence-corrected chi connectivity index (χ1v) is 7.07. The molecule has 0 spiro atoms. The van der Waals surface area contributed by atoms with Crippen molar-refractivity contribution in [1.82, 2.24) is 24.4 Å². The lowest BCUT2D eigenvalue weighted by Crippen LogP contribution is -2.26. The fourth-order valence-electron chi connectivity index (χ4n) is 2.92. The van der Waals surface area contributed by atoms with Crippen LogP contribution >= 0.6 is 0 Å². The molecule has 20 heavy (non-hydrogen) atoms. The van der Waals surface area contributed by atoms with Crippen LogP contribution in [0.3, 0.4) is 0 Å². The molecular weight excluding hydrogens is 254 g/mol. The van der Waals surface area contributed by atoms with Crippen molar-refractivity contribution in [3.05, 3.63) is 36.4 Å². The first-order valence-electron chi connectivity index (χ1n) is 7.07. The van der Waals surface area contributed by atoms with Gasteiger partial charge < -0.3 is 14.3 Å². The molecule has 1 fully saturated rings. The van der Waals surface area contributed by atoms with Crippen LogP contribution in [0.1, 0.15) is 30.9 Å². The lowest BCUT2D eigenvalue weighted by atomic mass is 10.2. The lowest BCUT2D eigenvalue weighted by molar-refractivity contribution is 0.107. The van der Waals surface area contributed by atoms with Gasteiger partial charge in [0, 0.05) is 45.3 Å². The van der Waals surface area contributed by atoms with E-state index in [0.717, 1.165) is 31.9 Å². The van der Waals surface area contributed by atoms with Crippen molar-refractivity contribution in [2.24, 2.45) is 0 Å². The van der Waals surface area contributed by atoms with E-state index in [4.69, 9.17) is 4.74 Å². The Balaban J connectivity index is 1.79. The van der Waals surface area contributed by atoms with Crippen LogP contribution in [-0.2, 0) is 17.8 Å². The van der Waals surface area contributed by atoms with Crippen molar-refractivity contribution >= 4 is 0 Å². The highest BCUT2D eigenvalue weighted by atomic mass is 16.5. The highest BCUT2D eigenvalue weighted by Crippen LogP contribution is 2.32. The van der Waals surface area contributed by atoms with Gasteiger partial charge in [0.2, 0.25) is 0 Å². The number of aromatic amines is 1. The molecule has 0 aromatic carbocycles. The van der Waals surface area contributed by atoms with Gasteiger partial charge in [0.1, 0.15) is 5.82 Å². The van der Waals surface area contributed by atoms with Crippen LogP contribution in [0, 0.1) is 0 Å². The number of ether oxygens (including phenoxy) is 1. The van der Waals surface area contributed by atoms with Gasteiger partial charge in [-0.1, -0.05) is 0 Å². The van der Waals surface area contributed by atoms with E-state index in [2.05, 4.69) is 31.3 Å². The van der Waals surface area contributed by atoms with E-state index >= 15 is 0 Å². The molecule has 0 radical (unpaired) electrons. The van der Waals surface area contributed by atoms with Gasteiger partial charge in [-0.2, -0.15) is 0 Å². The topological polar surface area (TPSA) is 59.0 Å². The van der Waals surface area contributed by atoms with Gasteiger partial charge in [-0.25, -0.2) is 9.97 Å². The van der Waals surface area contributed by atoms with Crippen LogP contribution in [-0.4, -0.2) is 44.2 Å². The van der Waals surface area contributed by atoms with Gasteiger partial charge in [0.25, 0.3) is 0 Å². The van der Waals surface area contributed by atoms with Crippen molar-refractivity contribution in [3.8, 4) is 0 Å². The van der Waals surface area contributed by atoms with E-state index in [1.807, 2.05) is 24.9 Å². The zero-order valence-corrected chi connectivity index (χ0v) is 12.0. The van der Waals surface area contributed by atoms with Crippen molar-refractivity contribution in [3.63, 3.8) is 0 Å². The molecule has 3 heterocycles. The number of nitrogens with zero attached hydrogens (tertiary/aromatic N) is 4. The number of H-pyrrole nitrogens is 1. The molecule has 3 rings (SSSR count). The predicted molar refractivity (Wildman–Crippen MR) is 75.1 cm³/mol. The molecule has 1 N–H and O–H groups in total. The van der Waals surface area contributed by atoms with Crippen LogP contribution < -0.4 is 0 Å². The molecule has 2 aromatic heterocycles. The molecule has 1 aliphatic heterocycles. The Kier molecular flexibility index (Phi) is 3.84. The number of hydrogen-bond donors (Lipinski definition) is 1. The van der Waals surface area contributed by atoms with Crippen LogP contribution in [0.25, 0.3) is 0 Å². The monoisotopic (exact) mass is 275 g/mol. The molecule has 1 aliphatic rings. The van der Waals surface area contributed by atoms with E-state index in [1.54, 1.807) is 7.11 Å². The third-order valence-electron chi connectivity index (χ3n) is 4.04. The first kappa shape index (κ1) is 13.3. The fraction of sp³-hybridized carbons (Fsp3) is 0.571. The Morgan fingerprint density at radius 3 is 3.10 bits per heavy atom. The minimum atomic E-state index is 0.267. The zero-order chi connectivity index (χ0) is 13.9. The molecule has 6 nitrogen and oxygen atoms in total. The van der Waals surface area contributed by atoms with Crippen LogP contribution in [0.4, 0.5) is 0 Å². The summed E-state index contributed by atoms with van der Waals surface area (Å²) in [6, 6.07) is 0.287. The standard InChI is InChI=1S/C14H21N5O/c1-3-18-10-15-7-11(18)8-19-9-12(20-2)6-13(19)14-16-4-5-17-14/h4-5,7,10,12-13H,3,6,8-9H2,1-2H3,(H,16,17)/t12-,13?/m1/s1. The molecule has 2 aromatic rings. The summed E-state index contributed by atoms with van der Waals surface area (Å²) in [7, 11) is 1.78. The van der Waals surface area contributed by atoms with E-state index in [9.17, 15) is 0 Å². The second-order valence-electron chi connectivity index (χ2n) is 5.18. The van der Waals surface area contributed by atoms with E-state index in [1.165, 1.54) is 5.69 Å². The molecule has 6 heteroatoms. The summed E-state index contributed by atoms with van der Waals surface area (Å²) in [5.41, 5.74) is 1.24.